The molecule has 1 heterocycles. The van der Waals surface area contributed by atoms with Crippen molar-refractivity contribution in [2.75, 3.05) is 0 Å². The molecule has 0 bridgehead atoms. The van der Waals surface area contributed by atoms with Gasteiger partial charge in [0, 0.05) is 33.2 Å². The summed E-state index contributed by atoms with van der Waals surface area (Å²) in [5.41, 5.74) is 1.32. The lowest BCUT2D eigenvalue weighted by atomic mass is 9.83. The summed E-state index contributed by atoms with van der Waals surface area (Å²) in [6.07, 6.45) is 0.412. The second kappa shape index (κ2) is 5.21. The van der Waals surface area contributed by atoms with Gasteiger partial charge in [0.05, 0.1) is 0 Å². The molecular formula is C17H12Cl2O2. The second-order valence-electron chi connectivity index (χ2n) is 5.01. The van der Waals surface area contributed by atoms with E-state index in [2.05, 4.69) is 6.58 Å². The van der Waals surface area contributed by atoms with E-state index < -0.39 is 5.60 Å². The first kappa shape index (κ1) is 14.2. The maximum Gasteiger partial charge on any atom is 0.334 e. The molecule has 106 valence electrons. The SMILES string of the molecule is C=C1CC(c2ccc(Cl)cc2)(c2ccc(Cl)cc2)OC1=O. The number of ether oxygens (including phenoxy) is 1. The number of hydrogen-bond donors (Lipinski definition) is 0. The quantitative estimate of drug-likeness (QED) is 0.590. The molecule has 0 N–H and O–H groups in total. The molecule has 4 heteroatoms. The zero-order chi connectivity index (χ0) is 15.0. The Morgan fingerprint density at radius 2 is 1.33 bits per heavy atom. The lowest BCUT2D eigenvalue weighted by Crippen LogP contribution is -2.27. The highest BCUT2D eigenvalue weighted by atomic mass is 35.5. The van der Waals surface area contributed by atoms with Gasteiger partial charge >= 0.3 is 5.97 Å². The van der Waals surface area contributed by atoms with Crippen molar-refractivity contribution in [3.8, 4) is 0 Å². The molecule has 21 heavy (non-hydrogen) atoms. The Bertz CT molecular complexity index is 639. The van der Waals surface area contributed by atoms with Crippen molar-refractivity contribution < 1.29 is 9.53 Å². The zero-order valence-corrected chi connectivity index (χ0v) is 12.6. The predicted molar refractivity (Wildman–Crippen MR) is 83.5 cm³/mol. The normalized spacial score (nSPS) is 16.9. The molecule has 0 aromatic heterocycles. The highest BCUT2D eigenvalue weighted by molar-refractivity contribution is 6.30. The average Bonchev–Trinajstić information content (AvgIpc) is 2.77. The van der Waals surface area contributed by atoms with E-state index in [1.54, 1.807) is 24.3 Å². The monoisotopic (exact) mass is 318 g/mol. The van der Waals surface area contributed by atoms with Gasteiger partial charge in [-0.25, -0.2) is 4.79 Å². The third kappa shape index (κ3) is 2.45. The predicted octanol–water partition coefficient (Wildman–Crippen LogP) is 4.74. The summed E-state index contributed by atoms with van der Waals surface area (Å²) in [6.45, 7) is 3.79. The van der Waals surface area contributed by atoms with E-state index in [1.165, 1.54) is 0 Å². The Kier molecular flexibility index (Phi) is 3.52. The van der Waals surface area contributed by atoms with Gasteiger partial charge in [0.2, 0.25) is 0 Å². The van der Waals surface area contributed by atoms with Crippen molar-refractivity contribution in [1.82, 2.24) is 0 Å². The second-order valence-corrected chi connectivity index (χ2v) is 5.88. The number of carbonyl (C=O) groups is 1. The van der Waals surface area contributed by atoms with Crippen molar-refractivity contribution in [2.45, 2.75) is 12.0 Å². The minimum Gasteiger partial charge on any atom is -0.446 e. The van der Waals surface area contributed by atoms with Gasteiger partial charge < -0.3 is 4.74 Å². The summed E-state index contributed by atoms with van der Waals surface area (Å²) in [5.74, 6) is -0.375. The summed E-state index contributed by atoms with van der Waals surface area (Å²) in [7, 11) is 0. The molecule has 0 radical (unpaired) electrons. The summed E-state index contributed by atoms with van der Waals surface area (Å²) in [6, 6.07) is 14.6. The van der Waals surface area contributed by atoms with Crippen molar-refractivity contribution in [2.24, 2.45) is 0 Å². The van der Waals surface area contributed by atoms with E-state index >= 15 is 0 Å². The summed E-state index contributed by atoms with van der Waals surface area (Å²) in [4.78, 5) is 11.9. The van der Waals surface area contributed by atoms with Crippen LogP contribution < -0.4 is 0 Å². The van der Waals surface area contributed by atoms with Crippen LogP contribution in [0, 0.1) is 0 Å². The van der Waals surface area contributed by atoms with Gasteiger partial charge in [0.25, 0.3) is 0 Å². The van der Waals surface area contributed by atoms with Crippen LogP contribution in [-0.2, 0) is 15.1 Å². The van der Waals surface area contributed by atoms with Gasteiger partial charge in [0.1, 0.15) is 0 Å². The van der Waals surface area contributed by atoms with Crippen molar-refractivity contribution >= 4 is 29.2 Å². The number of carbonyl (C=O) groups excluding carboxylic acids is 1. The maximum absolute atomic E-state index is 11.9. The maximum atomic E-state index is 11.9. The van der Waals surface area contributed by atoms with Gasteiger partial charge in [-0.05, 0) is 24.3 Å². The van der Waals surface area contributed by atoms with Gasteiger partial charge in [-0.15, -0.1) is 0 Å². The van der Waals surface area contributed by atoms with E-state index in [4.69, 9.17) is 27.9 Å². The first-order valence-corrected chi connectivity index (χ1v) is 7.20. The standard InChI is InChI=1S/C17H12Cl2O2/c1-11-10-17(21-16(11)20,12-2-6-14(18)7-3-12)13-4-8-15(19)9-5-13/h2-9H,1,10H2. The highest BCUT2D eigenvalue weighted by Gasteiger charge is 2.45. The topological polar surface area (TPSA) is 26.3 Å². The number of halogens is 2. The zero-order valence-electron chi connectivity index (χ0n) is 11.1. The molecule has 0 unspecified atom stereocenters. The number of hydrogen-bond acceptors (Lipinski definition) is 2. The lowest BCUT2D eigenvalue weighted by molar-refractivity contribution is -0.144. The van der Waals surface area contributed by atoms with E-state index in [-0.39, 0.29) is 5.97 Å². The van der Waals surface area contributed by atoms with Crippen LogP contribution in [0.2, 0.25) is 10.0 Å². The number of cyclic esters (lactones) is 1. The van der Waals surface area contributed by atoms with Gasteiger partial charge in [-0.2, -0.15) is 0 Å². The largest absolute Gasteiger partial charge is 0.446 e. The van der Waals surface area contributed by atoms with Crippen LogP contribution in [0.15, 0.2) is 60.7 Å². The Morgan fingerprint density at radius 3 is 1.67 bits per heavy atom. The number of esters is 1. The molecule has 1 aliphatic rings. The Labute approximate surface area is 132 Å². The highest BCUT2D eigenvalue weighted by Crippen LogP contribution is 2.44. The molecule has 0 saturated carbocycles. The average molecular weight is 319 g/mol. The molecule has 0 spiro atoms. The van der Waals surface area contributed by atoms with Crippen LogP contribution in [-0.4, -0.2) is 5.97 Å². The number of rotatable bonds is 2. The first-order chi connectivity index (χ1) is 10.0. The van der Waals surface area contributed by atoms with Crippen LogP contribution in [0.25, 0.3) is 0 Å². The molecule has 2 nitrogen and oxygen atoms in total. The molecule has 0 atom stereocenters. The van der Waals surface area contributed by atoms with Crippen molar-refractivity contribution in [1.29, 1.82) is 0 Å². The van der Waals surface area contributed by atoms with E-state index in [0.29, 0.717) is 22.0 Å². The summed E-state index contributed by atoms with van der Waals surface area (Å²) in [5, 5.41) is 1.27. The summed E-state index contributed by atoms with van der Waals surface area (Å²) < 4.78 is 5.69. The fraction of sp³-hybridized carbons (Fsp3) is 0.118. The molecule has 1 saturated heterocycles. The van der Waals surface area contributed by atoms with Crippen molar-refractivity contribution in [3.63, 3.8) is 0 Å². The van der Waals surface area contributed by atoms with E-state index in [0.717, 1.165) is 11.1 Å². The Balaban J connectivity index is 2.16. The third-order valence-electron chi connectivity index (χ3n) is 3.64. The molecule has 2 aromatic rings. The fourth-order valence-corrected chi connectivity index (χ4v) is 2.82. The lowest BCUT2D eigenvalue weighted by Gasteiger charge is -2.28. The molecular weight excluding hydrogens is 307 g/mol. The molecule has 1 fully saturated rings. The van der Waals surface area contributed by atoms with Crippen molar-refractivity contribution in [3.05, 3.63) is 81.9 Å². The minimum absolute atomic E-state index is 0.375. The van der Waals surface area contributed by atoms with E-state index in [1.807, 2.05) is 24.3 Å². The van der Waals surface area contributed by atoms with Crippen LogP contribution in [0.4, 0.5) is 0 Å². The summed E-state index contributed by atoms with van der Waals surface area (Å²) >= 11 is 11.9. The molecule has 0 amide bonds. The minimum atomic E-state index is -0.858. The first-order valence-electron chi connectivity index (χ1n) is 6.44. The van der Waals surface area contributed by atoms with Gasteiger partial charge in [-0.3, -0.25) is 0 Å². The van der Waals surface area contributed by atoms with Crippen LogP contribution in [0.3, 0.4) is 0 Å². The fourth-order valence-electron chi connectivity index (χ4n) is 2.57. The van der Waals surface area contributed by atoms with Crippen LogP contribution in [0.1, 0.15) is 17.5 Å². The Morgan fingerprint density at radius 1 is 0.905 bits per heavy atom. The van der Waals surface area contributed by atoms with Gasteiger partial charge in [0.15, 0.2) is 5.60 Å². The molecule has 1 aliphatic heterocycles. The van der Waals surface area contributed by atoms with Crippen LogP contribution in [0.5, 0.6) is 0 Å². The smallest absolute Gasteiger partial charge is 0.334 e. The molecule has 3 rings (SSSR count). The van der Waals surface area contributed by atoms with Gasteiger partial charge in [-0.1, -0.05) is 54.0 Å². The van der Waals surface area contributed by atoms with E-state index in [9.17, 15) is 4.79 Å². The molecule has 0 aliphatic carbocycles. The third-order valence-corrected chi connectivity index (χ3v) is 4.14. The Hall–Kier alpha value is -1.77. The number of benzene rings is 2. The van der Waals surface area contributed by atoms with Crippen LogP contribution >= 0.6 is 23.2 Å². The molecule has 2 aromatic carbocycles.